The normalized spacial score (nSPS) is 33.0. The van der Waals surface area contributed by atoms with Crippen molar-refractivity contribution in [2.75, 3.05) is 13.1 Å². The van der Waals surface area contributed by atoms with Crippen molar-refractivity contribution in [3.8, 4) is 0 Å². The van der Waals surface area contributed by atoms with Crippen molar-refractivity contribution in [1.29, 1.82) is 0 Å². The summed E-state index contributed by atoms with van der Waals surface area (Å²) in [6, 6.07) is 0.228. The zero-order valence-corrected chi connectivity index (χ0v) is 14.2. The number of nitrogens with two attached hydrogens (primary N) is 1. The van der Waals surface area contributed by atoms with Crippen LogP contribution in [-0.4, -0.2) is 29.9 Å². The van der Waals surface area contributed by atoms with Crippen LogP contribution in [0.1, 0.15) is 72.1 Å². The first-order chi connectivity index (χ1) is 9.94. The standard InChI is InChI=1S/C18H34N2O/c1-4-5-6-14-7-9-15(10-8-14)17(21)20-12-11-16(19)18(2,3)13-20/h14-16H,4-13,19H2,1-3H3. The van der Waals surface area contributed by atoms with E-state index >= 15 is 0 Å². The largest absolute Gasteiger partial charge is 0.342 e. The smallest absolute Gasteiger partial charge is 0.225 e. The van der Waals surface area contributed by atoms with Crippen LogP contribution >= 0.6 is 0 Å². The van der Waals surface area contributed by atoms with Crippen molar-refractivity contribution in [3.63, 3.8) is 0 Å². The fraction of sp³-hybridized carbons (Fsp3) is 0.944. The molecule has 2 N–H and O–H groups in total. The second-order valence-electron chi connectivity index (χ2n) is 8.00. The van der Waals surface area contributed by atoms with E-state index < -0.39 is 0 Å². The molecular weight excluding hydrogens is 260 g/mol. The fourth-order valence-corrected chi connectivity index (χ4v) is 4.01. The molecule has 1 amide bonds. The topological polar surface area (TPSA) is 46.3 Å². The van der Waals surface area contributed by atoms with Gasteiger partial charge in [-0.05, 0) is 43.4 Å². The van der Waals surface area contributed by atoms with Gasteiger partial charge < -0.3 is 10.6 Å². The molecule has 2 aliphatic rings. The molecule has 0 aromatic carbocycles. The molecule has 0 radical (unpaired) electrons. The van der Waals surface area contributed by atoms with Crippen LogP contribution in [0.15, 0.2) is 0 Å². The van der Waals surface area contributed by atoms with Crippen LogP contribution in [-0.2, 0) is 4.79 Å². The number of carbonyl (C=O) groups is 1. The molecule has 1 saturated carbocycles. The van der Waals surface area contributed by atoms with E-state index in [4.69, 9.17) is 5.73 Å². The van der Waals surface area contributed by atoms with Crippen LogP contribution in [0.2, 0.25) is 0 Å². The number of hydrogen-bond acceptors (Lipinski definition) is 2. The van der Waals surface area contributed by atoms with Gasteiger partial charge in [0.25, 0.3) is 0 Å². The van der Waals surface area contributed by atoms with E-state index in [-0.39, 0.29) is 17.4 Å². The zero-order valence-electron chi connectivity index (χ0n) is 14.2. The van der Waals surface area contributed by atoms with Crippen molar-refractivity contribution in [2.24, 2.45) is 23.0 Å². The first-order valence-corrected chi connectivity index (χ1v) is 8.98. The Morgan fingerprint density at radius 3 is 2.43 bits per heavy atom. The minimum absolute atomic E-state index is 0.0617. The van der Waals surface area contributed by atoms with Crippen molar-refractivity contribution < 1.29 is 4.79 Å². The second kappa shape index (κ2) is 7.13. The van der Waals surface area contributed by atoms with Gasteiger partial charge in [-0.3, -0.25) is 4.79 Å². The lowest BCUT2D eigenvalue weighted by atomic mass is 9.77. The van der Waals surface area contributed by atoms with E-state index in [0.29, 0.717) is 5.91 Å². The Hall–Kier alpha value is -0.570. The van der Waals surface area contributed by atoms with Crippen LogP contribution in [0.3, 0.4) is 0 Å². The molecule has 2 fully saturated rings. The van der Waals surface area contributed by atoms with Gasteiger partial charge in [-0.15, -0.1) is 0 Å². The van der Waals surface area contributed by atoms with Gasteiger partial charge in [-0.25, -0.2) is 0 Å². The summed E-state index contributed by atoms with van der Waals surface area (Å²) in [7, 11) is 0. The van der Waals surface area contributed by atoms with E-state index in [9.17, 15) is 4.79 Å². The van der Waals surface area contributed by atoms with Crippen molar-refractivity contribution in [3.05, 3.63) is 0 Å². The summed E-state index contributed by atoms with van der Waals surface area (Å²) in [6.07, 6.45) is 9.68. The quantitative estimate of drug-likeness (QED) is 0.861. The Balaban J connectivity index is 1.82. The number of hydrogen-bond donors (Lipinski definition) is 1. The summed E-state index contributed by atoms with van der Waals surface area (Å²) in [5.41, 5.74) is 6.24. The van der Waals surface area contributed by atoms with Crippen LogP contribution in [0.4, 0.5) is 0 Å². The predicted molar refractivity (Wildman–Crippen MR) is 87.9 cm³/mol. The van der Waals surface area contributed by atoms with Gasteiger partial charge in [-0.1, -0.05) is 40.0 Å². The number of amides is 1. The molecule has 0 spiro atoms. The van der Waals surface area contributed by atoms with Gasteiger partial charge in [0.15, 0.2) is 0 Å². The average Bonchev–Trinajstić information content (AvgIpc) is 2.47. The highest BCUT2D eigenvalue weighted by Gasteiger charge is 2.37. The highest BCUT2D eigenvalue weighted by molar-refractivity contribution is 5.79. The number of rotatable bonds is 4. The van der Waals surface area contributed by atoms with Gasteiger partial charge in [0.1, 0.15) is 0 Å². The lowest BCUT2D eigenvalue weighted by Crippen LogP contribution is -2.55. The van der Waals surface area contributed by atoms with E-state index in [2.05, 4.69) is 25.7 Å². The summed E-state index contributed by atoms with van der Waals surface area (Å²) in [5, 5.41) is 0. The number of piperidine rings is 1. The molecule has 1 aliphatic heterocycles. The Labute approximate surface area is 130 Å². The zero-order chi connectivity index (χ0) is 15.5. The van der Waals surface area contributed by atoms with Crippen LogP contribution in [0.5, 0.6) is 0 Å². The van der Waals surface area contributed by atoms with Crippen LogP contribution in [0, 0.1) is 17.3 Å². The molecule has 1 saturated heterocycles. The summed E-state index contributed by atoms with van der Waals surface area (Å²) in [4.78, 5) is 14.9. The van der Waals surface area contributed by atoms with E-state index in [0.717, 1.165) is 38.3 Å². The number of carbonyl (C=O) groups excluding carboxylic acids is 1. The van der Waals surface area contributed by atoms with Gasteiger partial charge in [0.05, 0.1) is 0 Å². The Kier molecular flexibility index (Phi) is 5.70. The Morgan fingerprint density at radius 1 is 1.19 bits per heavy atom. The van der Waals surface area contributed by atoms with Gasteiger partial charge in [0.2, 0.25) is 5.91 Å². The summed E-state index contributed by atoms with van der Waals surface area (Å²) in [6.45, 7) is 8.34. The molecule has 0 bridgehead atoms. The molecule has 21 heavy (non-hydrogen) atoms. The minimum Gasteiger partial charge on any atom is -0.342 e. The Morgan fingerprint density at radius 2 is 1.86 bits per heavy atom. The summed E-state index contributed by atoms with van der Waals surface area (Å²) >= 11 is 0. The summed E-state index contributed by atoms with van der Waals surface area (Å²) < 4.78 is 0. The Bertz CT molecular complexity index is 345. The number of unbranched alkanes of at least 4 members (excludes halogenated alkanes) is 1. The van der Waals surface area contributed by atoms with Gasteiger partial charge in [-0.2, -0.15) is 0 Å². The van der Waals surface area contributed by atoms with E-state index in [1.165, 1.54) is 32.1 Å². The van der Waals surface area contributed by atoms with Gasteiger partial charge >= 0.3 is 0 Å². The maximum absolute atomic E-state index is 12.8. The highest BCUT2D eigenvalue weighted by atomic mass is 16.2. The first-order valence-electron chi connectivity index (χ1n) is 8.98. The summed E-state index contributed by atoms with van der Waals surface area (Å²) in [5.74, 6) is 1.57. The SMILES string of the molecule is CCCCC1CCC(C(=O)N2CCC(N)C(C)(C)C2)CC1. The average molecular weight is 294 g/mol. The third kappa shape index (κ3) is 4.21. The van der Waals surface area contributed by atoms with E-state index in [1.54, 1.807) is 0 Å². The molecular formula is C18H34N2O. The molecule has 3 nitrogen and oxygen atoms in total. The molecule has 122 valence electrons. The van der Waals surface area contributed by atoms with Crippen molar-refractivity contribution >= 4 is 5.91 Å². The third-order valence-corrected chi connectivity index (χ3v) is 5.79. The lowest BCUT2D eigenvalue weighted by molar-refractivity contribution is -0.140. The molecule has 1 heterocycles. The van der Waals surface area contributed by atoms with E-state index in [1.807, 2.05) is 0 Å². The number of nitrogens with zero attached hydrogens (tertiary/aromatic N) is 1. The fourth-order valence-electron chi connectivity index (χ4n) is 4.01. The maximum atomic E-state index is 12.8. The van der Waals surface area contributed by atoms with Crippen molar-refractivity contribution in [2.45, 2.75) is 78.2 Å². The van der Waals surface area contributed by atoms with Crippen LogP contribution < -0.4 is 5.73 Å². The molecule has 0 aromatic heterocycles. The maximum Gasteiger partial charge on any atom is 0.225 e. The minimum atomic E-state index is 0.0617. The molecule has 1 unspecified atom stereocenters. The second-order valence-corrected chi connectivity index (χ2v) is 8.00. The third-order valence-electron chi connectivity index (χ3n) is 5.79. The lowest BCUT2D eigenvalue weighted by Gasteiger charge is -2.44. The molecule has 2 rings (SSSR count). The number of likely N-dealkylation sites (tertiary alicyclic amines) is 1. The van der Waals surface area contributed by atoms with Crippen LogP contribution in [0.25, 0.3) is 0 Å². The van der Waals surface area contributed by atoms with Gasteiger partial charge in [0, 0.05) is 25.0 Å². The first kappa shape index (κ1) is 16.8. The monoisotopic (exact) mass is 294 g/mol. The molecule has 1 aliphatic carbocycles. The molecule has 3 heteroatoms. The highest BCUT2D eigenvalue weighted by Crippen LogP contribution is 2.35. The molecule has 1 atom stereocenters. The predicted octanol–water partition coefficient (Wildman–Crippen LogP) is 3.57. The van der Waals surface area contributed by atoms with Crippen molar-refractivity contribution in [1.82, 2.24) is 4.90 Å². The molecule has 0 aromatic rings.